The maximum Gasteiger partial charge on any atom is 0.227 e. The van der Waals surface area contributed by atoms with Crippen LogP contribution in [0, 0.1) is 11.7 Å². The number of rotatable bonds is 11. The first-order valence-corrected chi connectivity index (χ1v) is 10.7. The van der Waals surface area contributed by atoms with E-state index in [-0.39, 0.29) is 30.6 Å². The van der Waals surface area contributed by atoms with E-state index < -0.39 is 5.92 Å². The summed E-state index contributed by atoms with van der Waals surface area (Å²) < 4.78 is 34.5. The van der Waals surface area contributed by atoms with Crippen molar-refractivity contribution in [3.63, 3.8) is 0 Å². The number of amides is 2. The van der Waals surface area contributed by atoms with E-state index in [1.165, 1.54) is 33.5 Å². The van der Waals surface area contributed by atoms with Gasteiger partial charge < -0.3 is 29.2 Å². The lowest BCUT2D eigenvalue weighted by Crippen LogP contribution is -2.33. The van der Waals surface area contributed by atoms with Crippen LogP contribution in [0.15, 0.2) is 36.4 Å². The van der Waals surface area contributed by atoms with Gasteiger partial charge in [0.15, 0.2) is 11.5 Å². The van der Waals surface area contributed by atoms with Gasteiger partial charge in [-0.2, -0.15) is 0 Å². The number of halogens is 1. The van der Waals surface area contributed by atoms with Crippen LogP contribution in [0.2, 0.25) is 0 Å². The van der Waals surface area contributed by atoms with Crippen molar-refractivity contribution in [2.45, 2.75) is 19.3 Å². The number of anilines is 1. The molecule has 33 heavy (non-hydrogen) atoms. The largest absolute Gasteiger partial charge is 0.494 e. The molecule has 9 heteroatoms. The zero-order chi connectivity index (χ0) is 23.8. The second-order valence-electron chi connectivity index (χ2n) is 7.59. The highest BCUT2D eigenvalue weighted by Gasteiger charge is 2.35. The summed E-state index contributed by atoms with van der Waals surface area (Å²) in [6.07, 6.45) is 1.60. The Morgan fingerprint density at radius 2 is 1.73 bits per heavy atom. The minimum Gasteiger partial charge on any atom is -0.494 e. The smallest absolute Gasteiger partial charge is 0.227 e. The second kappa shape index (κ2) is 11.4. The van der Waals surface area contributed by atoms with Crippen molar-refractivity contribution in [2.24, 2.45) is 5.92 Å². The summed E-state index contributed by atoms with van der Waals surface area (Å²) in [6.45, 7) is 1.23. The molecule has 2 aromatic rings. The lowest BCUT2D eigenvalue weighted by molar-refractivity contribution is -0.126. The Morgan fingerprint density at radius 1 is 1.06 bits per heavy atom. The van der Waals surface area contributed by atoms with Crippen molar-refractivity contribution < 1.29 is 32.9 Å². The number of hydrogen-bond acceptors (Lipinski definition) is 6. The fourth-order valence-electron chi connectivity index (χ4n) is 3.66. The molecule has 0 bridgehead atoms. The van der Waals surface area contributed by atoms with Gasteiger partial charge in [-0.25, -0.2) is 4.39 Å². The van der Waals surface area contributed by atoms with Crippen molar-refractivity contribution >= 4 is 17.5 Å². The van der Waals surface area contributed by atoms with Crippen LogP contribution in [0.4, 0.5) is 10.1 Å². The highest BCUT2D eigenvalue weighted by Crippen LogP contribution is 2.42. The maximum atomic E-state index is 12.9. The number of methoxy groups -OCH3 is 3. The Kier molecular flexibility index (Phi) is 8.34. The first-order valence-electron chi connectivity index (χ1n) is 10.7. The minimum absolute atomic E-state index is 0.135. The first-order chi connectivity index (χ1) is 16.0. The summed E-state index contributed by atoms with van der Waals surface area (Å²) in [5, 5.41) is 2.89. The molecule has 0 aromatic heterocycles. The first kappa shape index (κ1) is 24.2. The van der Waals surface area contributed by atoms with E-state index in [1.54, 1.807) is 29.2 Å². The Hall–Kier alpha value is -3.49. The van der Waals surface area contributed by atoms with Gasteiger partial charge in [-0.1, -0.05) is 0 Å². The number of unbranched alkanes of at least 4 members (excludes halogenated alkanes) is 1. The third-order valence-electron chi connectivity index (χ3n) is 5.41. The molecule has 0 aliphatic carbocycles. The normalized spacial score (nSPS) is 15.3. The van der Waals surface area contributed by atoms with Gasteiger partial charge in [-0.3, -0.25) is 9.59 Å². The van der Waals surface area contributed by atoms with Gasteiger partial charge in [0.25, 0.3) is 0 Å². The number of nitrogens with one attached hydrogen (secondary N) is 1. The molecule has 0 radical (unpaired) electrons. The average Bonchev–Trinajstić information content (AvgIpc) is 3.22. The minimum atomic E-state index is -0.438. The van der Waals surface area contributed by atoms with E-state index in [1.807, 2.05) is 0 Å². The Bertz CT molecular complexity index is 941. The number of carbonyl (C=O) groups excluding carboxylic acids is 2. The summed E-state index contributed by atoms with van der Waals surface area (Å²) in [5.41, 5.74) is 0.586. The molecule has 1 atom stereocenters. The van der Waals surface area contributed by atoms with Crippen LogP contribution in [0.3, 0.4) is 0 Å². The van der Waals surface area contributed by atoms with Gasteiger partial charge in [-0.15, -0.1) is 0 Å². The molecule has 2 amide bonds. The maximum absolute atomic E-state index is 12.9. The molecule has 178 valence electrons. The van der Waals surface area contributed by atoms with Gasteiger partial charge in [0, 0.05) is 31.6 Å². The van der Waals surface area contributed by atoms with E-state index in [9.17, 15) is 14.0 Å². The summed E-state index contributed by atoms with van der Waals surface area (Å²) in [7, 11) is 4.53. The Labute approximate surface area is 192 Å². The highest BCUT2D eigenvalue weighted by molar-refractivity contribution is 6.00. The molecule has 1 unspecified atom stereocenters. The Balaban J connectivity index is 1.47. The molecule has 0 saturated carbocycles. The molecule has 1 aliphatic rings. The number of nitrogens with zero attached hydrogens (tertiary/aromatic N) is 1. The molecular weight excluding hydrogens is 431 g/mol. The SMILES string of the molecule is COc1cc(N2CC(C(=O)NCCCCOc3ccc(F)cc3)CC2=O)cc(OC)c1OC. The monoisotopic (exact) mass is 460 g/mol. The molecule has 1 fully saturated rings. The van der Waals surface area contributed by atoms with Gasteiger partial charge in [0.1, 0.15) is 11.6 Å². The third-order valence-corrected chi connectivity index (χ3v) is 5.41. The molecule has 3 rings (SSSR count). The van der Waals surface area contributed by atoms with Crippen molar-refractivity contribution in [2.75, 3.05) is 45.9 Å². The van der Waals surface area contributed by atoms with E-state index in [2.05, 4.69) is 5.32 Å². The van der Waals surface area contributed by atoms with Crippen LogP contribution in [-0.2, 0) is 9.59 Å². The number of hydrogen-bond donors (Lipinski definition) is 1. The van der Waals surface area contributed by atoms with Crippen LogP contribution < -0.4 is 29.2 Å². The van der Waals surface area contributed by atoms with E-state index in [0.717, 1.165) is 12.8 Å². The molecule has 1 saturated heterocycles. The molecule has 1 N–H and O–H groups in total. The summed E-state index contributed by atoms with van der Waals surface area (Å²) >= 11 is 0. The Morgan fingerprint density at radius 3 is 2.33 bits per heavy atom. The molecule has 1 heterocycles. The van der Waals surface area contributed by atoms with Crippen molar-refractivity contribution in [3.05, 3.63) is 42.2 Å². The van der Waals surface area contributed by atoms with Crippen LogP contribution in [0.1, 0.15) is 19.3 Å². The van der Waals surface area contributed by atoms with Gasteiger partial charge in [0.2, 0.25) is 17.6 Å². The molecule has 8 nitrogen and oxygen atoms in total. The molecule has 0 spiro atoms. The number of benzene rings is 2. The predicted molar refractivity (Wildman–Crippen MR) is 121 cm³/mol. The number of ether oxygens (including phenoxy) is 4. The van der Waals surface area contributed by atoms with Crippen LogP contribution in [0.5, 0.6) is 23.0 Å². The fourth-order valence-corrected chi connectivity index (χ4v) is 3.66. The summed E-state index contributed by atoms with van der Waals surface area (Å²) in [5.74, 6) is 0.886. The predicted octanol–water partition coefficient (Wildman–Crippen LogP) is 3.18. The van der Waals surface area contributed by atoms with Crippen LogP contribution in [0.25, 0.3) is 0 Å². The van der Waals surface area contributed by atoms with Gasteiger partial charge >= 0.3 is 0 Å². The van der Waals surface area contributed by atoms with E-state index >= 15 is 0 Å². The zero-order valence-electron chi connectivity index (χ0n) is 19.1. The highest BCUT2D eigenvalue weighted by atomic mass is 19.1. The standard InChI is InChI=1S/C24H29FN2O6/c1-30-20-13-18(14-21(31-2)23(20)32-3)27-15-16(12-22(27)28)24(29)26-10-4-5-11-33-19-8-6-17(25)7-9-19/h6-9,13-14,16H,4-5,10-12,15H2,1-3H3,(H,26,29). The lowest BCUT2D eigenvalue weighted by Gasteiger charge is -2.20. The van der Waals surface area contributed by atoms with E-state index in [0.29, 0.717) is 41.8 Å². The second-order valence-corrected chi connectivity index (χ2v) is 7.59. The van der Waals surface area contributed by atoms with Crippen molar-refractivity contribution in [1.29, 1.82) is 0 Å². The van der Waals surface area contributed by atoms with Crippen molar-refractivity contribution in [3.8, 4) is 23.0 Å². The van der Waals surface area contributed by atoms with Crippen molar-refractivity contribution in [1.82, 2.24) is 5.32 Å². The van der Waals surface area contributed by atoms with Crippen LogP contribution in [-0.4, -0.2) is 52.8 Å². The zero-order valence-corrected chi connectivity index (χ0v) is 19.1. The molecule has 1 aliphatic heterocycles. The summed E-state index contributed by atoms with van der Waals surface area (Å²) in [6, 6.07) is 9.24. The quantitative estimate of drug-likeness (QED) is 0.519. The fraction of sp³-hybridized carbons (Fsp3) is 0.417. The van der Waals surface area contributed by atoms with Gasteiger partial charge in [0.05, 0.1) is 39.5 Å². The number of carbonyl (C=O) groups is 2. The molecular formula is C24H29FN2O6. The van der Waals surface area contributed by atoms with Gasteiger partial charge in [-0.05, 0) is 37.1 Å². The summed E-state index contributed by atoms with van der Waals surface area (Å²) in [4.78, 5) is 26.7. The third kappa shape index (κ3) is 6.06. The topological polar surface area (TPSA) is 86.3 Å². The van der Waals surface area contributed by atoms with E-state index in [4.69, 9.17) is 18.9 Å². The molecule has 2 aromatic carbocycles. The van der Waals surface area contributed by atoms with Crippen LogP contribution >= 0.6 is 0 Å². The average molecular weight is 461 g/mol. The lowest BCUT2D eigenvalue weighted by atomic mass is 10.1.